The number of hydrogen-bond donors (Lipinski definition) is 0. The van der Waals surface area contributed by atoms with Gasteiger partial charge < -0.3 is 14.4 Å². The molecule has 1 saturated heterocycles. The topological polar surface area (TPSA) is 58.4 Å². The molecule has 0 radical (unpaired) electrons. The average Bonchev–Trinajstić information content (AvgIpc) is 3.07. The van der Waals surface area contributed by atoms with E-state index in [9.17, 15) is 14.0 Å². The van der Waals surface area contributed by atoms with Crippen LogP contribution in [0.3, 0.4) is 0 Å². The van der Waals surface area contributed by atoms with Crippen molar-refractivity contribution in [1.29, 1.82) is 0 Å². The van der Waals surface area contributed by atoms with Crippen molar-refractivity contribution in [3.05, 3.63) is 53.9 Å². The molecular weight excluding hydrogens is 359 g/mol. The average molecular weight is 386 g/mol. The van der Waals surface area contributed by atoms with Gasteiger partial charge in [0.15, 0.2) is 0 Å². The maximum absolute atomic E-state index is 14.0. The van der Waals surface area contributed by atoms with Gasteiger partial charge in [-0.3, -0.25) is 9.59 Å². The van der Waals surface area contributed by atoms with E-state index < -0.39 is 0 Å². The van der Waals surface area contributed by atoms with E-state index in [1.165, 1.54) is 6.07 Å². The third-order valence-corrected chi connectivity index (χ3v) is 5.31. The molecule has 150 valence electrons. The Hall–Kier alpha value is -2.70. The molecule has 3 rings (SSSR count). The number of likely N-dealkylation sites (tertiary alicyclic amines) is 1. The molecule has 1 aliphatic heterocycles. The summed E-state index contributed by atoms with van der Waals surface area (Å²) in [5.74, 6) is 0.183. The first-order valence-corrected chi connectivity index (χ1v) is 9.64. The van der Waals surface area contributed by atoms with Gasteiger partial charge >= 0.3 is 0 Å². The lowest BCUT2D eigenvalue weighted by Gasteiger charge is -2.36. The van der Waals surface area contributed by atoms with Crippen molar-refractivity contribution < 1.29 is 14.0 Å². The molecule has 28 heavy (non-hydrogen) atoms. The molecule has 0 N–H and O–H groups in total. The van der Waals surface area contributed by atoms with Gasteiger partial charge in [-0.2, -0.15) is 0 Å². The second-order valence-corrected chi connectivity index (χ2v) is 7.62. The first kappa shape index (κ1) is 20.0. The van der Waals surface area contributed by atoms with Crippen molar-refractivity contribution in [1.82, 2.24) is 19.4 Å². The normalized spacial score (nSPS) is 17.2. The van der Waals surface area contributed by atoms with E-state index in [1.54, 1.807) is 29.3 Å². The van der Waals surface area contributed by atoms with Crippen molar-refractivity contribution in [3.63, 3.8) is 0 Å². The number of benzene rings is 1. The lowest BCUT2D eigenvalue weighted by Crippen LogP contribution is -2.48. The standard InChI is InChI=1S/C21H27FN4O2/c1-15(2)26(14-19-23-10-11-24(19)3)21(28)17-8-9-20(27)25(13-17)12-16-6-4-5-7-18(16)22/h4-7,10-11,15,17H,8-9,12-14H2,1-3H3. The molecule has 0 bridgehead atoms. The van der Waals surface area contributed by atoms with Gasteiger partial charge in [-0.25, -0.2) is 9.37 Å². The summed E-state index contributed by atoms with van der Waals surface area (Å²) in [6.45, 7) is 4.89. The third kappa shape index (κ3) is 4.40. The second kappa shape index (κ2) is 8.54. The lowest BCUT2D eigenvalue weighted by atomic mass is 9.95. The summed E-state index contributed by atoms with van der Waals surface area (Å²) in [6, 6.07) is 6.46. The number of aromatic nitrogens is 2. The molecule has 0 saturated carbocycles. The second-order valence-electron chi connectivity index (χ2n) is 7.62. The van der Waals surface area contributed by atoms with Gasteiger partial charge in [0, 0.05) is 50.6 Å². The SMILES string of the molecule is CC(C)N(Cc1nccn1C)C(=O)C1CCC(=O)N(Cc2ccccc2F)C1. The van der Waals surface area contributed by atoms with Crippen LogP contribution < -0.4 is 0 Å². The molecule has 2 heterocycles. The van der Waals surface area contributed by atoms with Crippen LogP contribution in [0.2, 0.25) is 0 Å². The van der Waals surface area contributed by atoms with Crippen LogP contribution in [0.25, 0.3) is 0 Å². The van der Waals surface area contributed by atoms with Crippen LogP contribution in [-0.2, 0) is 29.7 Å². The van der Waals surface area contributed by atoms with Gasteiger partial charge in [0.1, 0.15) is 11.6 Å². The molecule has 1 atom stereocenters. The zero-order chi connectivity index (χ0) is 20.3. The maximum Gasteiger partial charge on any atom is 0.228 e. The fourth-order valence-corrected chi connectivity index (χ4v) is 3.55. The molecule has 1 aromatic carbocycles. The van der Waals surface area contributed by atoms with Crippen LogP contribution in [0, 0.1) is 11.7 Å². The van der Waals surface area contributed by atoms with Crippen LogP contribution in [0.5, 0.6) is 0 Å². The zero-order valence-corrected chi connectivity index (χ0v) is 16.6. The molecule has 6 nitrogen and oxygen atoms in total. The number of nitrogens with zero attached hydrogens (tertiary/aromatic N) is 4. The Morgan fingerprint density at radius 1 is 1.36 bits per heavy atom. The number of aryl methyl sites for hydroxylation is 1. The molecule has 2 aromatic rings. The maximum atomic E-state index is 14.0. The first-order valence-electron chi connectivity index (χ1n) is 9.64. The zero-order valence-electron chi connectivity index (χ0n) is 16.6. The molecule has 7 heteroatoms. The van der Waals surface area contributed by atoms with E-state index in [1.807, 2.05) is 36.6 Å². The molecule has 0 spiro atoms. The molecule has 2 amide bonds. The molecule has 0 aliphatic carbocycles. The molecule has 1 aromatic heterocycles. The summed E-state index contributed by atoms with van der Waals surface area (Å²) in [6.07, 6.45) is 4.40. The van der Waals surface area contributed by atoms with Crippen LogP contribution in [0.4, 0.5) is 4.39 Å². The minimum Gasteiger partial charge on any atom is -0.337 e. The number of halogens is 1. The van der Waals surface area contributed by atoms with Crippen molar-refractivity contribution >= 4 is 11.8 Å². The number of imidazole rings is 1. The van der Waals surface area contributed by atoms with Crippen LogP contribution >= 0.6 is 0 Å². The Labute approximate surface area is 165 Å². The lowest BCUT2D eigenvalue weighted by molar-refractivity contribution is -0.145. The van der Waals surface area contributed by atoms with Crippen molar-refractivity contribution in [2.24, 2.45) is 13.0 Å². The van der Waals surface area contributed by atoms with Crippen molar-refractivity contribution in [2.75, 3.05) is 6.54 Å². The summed E-state index contributed by atoms with van der Waals surface area (Å²) in [4.78, 5) is 33.3. The highest BCUT2D eigenvalue weighted by Crippen LogP contribution is 2.24. The Morgan fingerprint density at radius 3 is 2.75 bits per heavy atom. The minimum atomic E-state index is -0.331. The van der Waals surface area contributed by atoms with Crippen molar-refractivity contribution in [3.8, 4) is 0 Å². The van der Waals surface area contributed by atoms with Gasteiger partial charge in [0.05, 0.1) is 12.5 Å². The molecule has 1 unspecified atom stereocenters. The van der Waals surface area contributed by atoms with Gasteiger partial charge in [-0.15, -0.1) is 0 Å². The Kier molecular flexibility index (Phi) is 6.11. The smallest absolute Gasteiger partial charge is 0.228 e. The summed E-state index contributed by atoms with van der Waals surface area (Å²) in [7, 11) is 1.90. The molecule has 1 fully saturated rings. The Bertz CT molecular complexity index is 848. The fraction of sp³-hybridized carbons (Fsp3) is 0.476. The number of carbonyl (C=O) groups is 2. The van der Waals surface area contributed by atoms with E-state index in [0.29, 0.717) is 31.5 Å². The quantitative estimate of drug-likeness (QED) is 0.767. The monoisotopic (exact) mass is 386 g/mol. The minimum absolute atomic E-state index is 0.0156. The van der Waals surface area contributed by atoms with Gasteiger partial charge in [0.2, 0.25) is 11.8 Å². The van der Waals surface area contributed by atoms with E-state index in [4.69, 9.17) is 0 Å². The number of carbonyl (C=O) groups excluding carboxylic acids is 2. The molecular formula is C21H27FN4O2. The van der Waals surface area contributed by atoms with Crippen LogP contribution in [-0.4, -0.2) is 43.8 Å². The highest BCUT2D eigenvalue weighted by Gasteiger charge is 2.34. The number of amides is 2. The Morgan fingerprint density at radius 2 is 2.11 bits per heavy atom. The van der Waals surface area contributed by atoms with Gasteiger partial charge in [0.25, 0.3) is 0 Å². The first-order chi connectivity index (χ1) is 13.4. The third-order valence-electron chi connectivity index (χ3n) is 5.31. The summed E-state index contributed by atoms with van der Waals surface area (Å²) < 4.78 is 15.9. The summed E-state index contributed by atoms with van der Waals surface area (Å²) in [5.41, 5.74) is 0.470. The predicted molar refractivity (Wildman–Crippen MR) is 103 cm³/mol. The van der Waals surface area contributed by atoms with E-state index in [2.05, 4.69) is 4.98 Å². The Balaban J connectivity index is 1.72. The predicted octanol–water partition coefficient (Wildman–Crippen LogP) is 2.74. The van der Waals surface area contributed by atoms with E-state index >= 15 is 0 Å². The molecule has 1 aliphatic rings. The summed E-state index contributed by atoms with van der Waals surface area (Å²) >= 11 is 0. The van der Waals surface area contributed by atoms with Gasteiger partial charge in [-0.05, 0) is 26.3 Å². The van der Waals surface area contributed by atoms with Crippen molar-refractivity contribution in [2.45, 2.75) is 45.8 Å². The number of rotatable bonds is 6. The van der Waals surface area contributed by atoms with Gasteiger partial charge in [-0.1, -0.05) is 18.2 Å². The highest BCUT2D eigenvalue weighted by molar-refractivity contribution is 5.84. The largest absolute Gasteiger partial charge is 0.337 e. The highest BCUT2D eigenvalue weighted by atomic mass is 19.1. The number of hydrogen-bond acceptors (Lipinski definition) is 3. The van der Waals surface area contributed by atoms with E-state index in [-0.39, 0.29) is 36.1 Å². The fourth-order valence-electron chi connectivity index (χ4n) is 3.55. The van der Waals surface area contributed by atoms with E-state index in [0.717, 1.165) is 5.82 Å². The van der Waals surface area contributed by atoms with Crippen LogP contribution in [0.15, 0.2) is 36.7 Å². The number of piperidine rings is 1. The summed E-state index contributed by atoms with van der Waals surface area (Å²) in [5, 5.41) is 0. The van der Waals surface area contributed by atoms with Crippen LogP contribution in [0.1, 0.15) is 38.1 Å².